The summed E-state index contributed by atoms with van der Waals surface area (Å²) >= 11 is 0. The SMILES string of the molecule is COc1cc(OC)c(F)c(N2Cc3cnc4[nH]c(CCCC5=CCCN(C)CC5)cc4c3N(c3cccc(F)c3F)C2=O)c1F. The summed E-state index contributed by atoms with van der Waals surface area (Å²) in [6.07, 6.45) is 8.38. The first kappa shape index (κ1) is 30.4. The molecule has 0 atom stereocenters. The number of methoxy groups -OCH3 is 2. The first-order chi connectivity index (χ1) is 21.7. The van der Waals surface area contributed by atoms with E-state index in [-0.39, 0.29) is 23.7 Å². The molecule has 2 aromatic carbocycles. The summed E-state index contributed by atoms with van der Waals surface area (Å²) < 4.78 is 71.3. The number of fused-ring (bicyclic) bond motifs is 3. The van der Waals surface area contributed by atoms with Crippen molar-refractivity contribution in [2.24, 2.45) is 0 Å². The molecule has 2 aliphatic rings. The summed E-state index contributed by atoms with van der Waals surface area (Å²) in [5.41, 5.74) is 2.18. The van der Waals surface area contributed by atoms with Crippen molar-refractivity contribution < 1.29 is 31.8 Å². The third kappa shape index (κ3) is 5.58. The number of H-pyrrole nitrogens is 1. The Morgan fingerprint density at radius 3 is 2.44 bits per heavy atom. The summed E-state index contributed by atoms with van der Waals surface area (Å²) in [6, 6.07) is 5.30. The molecular weight excluding hydrogens is 590 g/mol. The molecule has 45 heavy (non-hydrogen) atoms. The monoisotopic (exact) mass is 623 g/mol. The van der Waals surface area contributed by atoms with Crippen LogP contribution in [-0.2, 0) is 13.0 Å². The highest BCUT2D eigenvalue weighted by molar-refractivity contribution is 6.15. The average molecular weight is 624 g/mol. The normalized spacial score (nSPS) is 15.7. The number of aromatic nitrogens is 2. The van der Waals surface area contributed by atoms with E-state index in [0.717, 1.165) is 66.4 Å². The van der Waals surface area contributed by atoms with E-state index in [9.17, 15) is 9.18 Å². The number of pyridine rings is 1. The lowest BCUT2D eigenvalue weighted by Crippen LogP contribution is -2.46. The molecule has 0 unspecified atom stereocenters. The van der Waals surface area contributed by atoms with Crippen LogP contribution in [0.2, 0.25) is 0 Å². The molecule has 12 heteroatoms. The van der Waals surface area contributed by atoms with Gasteiger partial charge in [-0.3, -0.25) is 9.80 Å². The van der Waals surface area contributed by atoms with Crippen LogP contribution in [0.15, 0.2) is 48.2 Å². The number of benzene rings is 2. The molecule has 2 aliphatic heterocycles. The molecule has 4 aromatic rings. The molecule has 6 rings (SSSR count). The van der Waals surface area contributed by atoms with Gasteiger partial charge in [-0.05, 0) is 57.4 Å². The first-order valence-electron chi connectivity index (χ1n) is 14.7. The van der Waals surface area contributed by atoms with Gasteiger partial charge in [0, 0.05) is 42.0 Å². The number of ether oxygens (including phenoxy) is 2. The second-order valence-electron chi connectivity index (χ2n) is 11.3. The van der Waals surface area contributed by atoms with Gasteiger partial charge >= 0.3 is 6.03 Å². The molecule has 0 spiro atoms. The fourth-order valence-electron chi connectivity index (χ4n) is 6.07. The molecule has 0 fully saturated rings. The Bertz CT molecular complexity index is 1780. The Hall–Kier alpha value is -4.58. The van der Waals surface area contributed by atoms with Crippen LogP contribution < -0.4 is 19.3 Å². The fourth-order valence-corrected chi connectivity index (χ4v) is 6.07. The van der Waals surface area contributed by atoms with Gasteiger partial charge in [0.2, 0.25) is 0 Å². The predicted molar refractivity (Wildman–Crippen MR) is 163 cm³/mol. The van der Waals surface area contributed by atoms with Crippen LogP contribution in [0.25, 0.3) is 11.0 Å². The molecule has 1 N–H and O–H groups in total. The highest BCUT2D eigenvalue weighted by Gasteiger charge is 2.40. The topological polar surface area (TPSA) is 73.9 Å². The van der Waals surface area contributed by atoms with Crippen molar-refractivity contribution in [2.45, 2.75) is 38.6 Å². The van der Waals surface area contributed by atoms with Gasteiger partial charge in [-0.25, -0.2) is 27.3 Å². The molecule has 0 bridgehead atoms. The van der Waals surface area contributed by atoms with E-state index >= 15 is 13.2 Å². The van der Waals surface area contributed by atoms with Crippen LogP contribution in [0.1, 0.15) is 36.9 Å². The zero-order valence-corrected chi connectivity index (χ0v) is 25.2. The Kier molecular flexibility index (Phi) is 8.41. The van der Waals surface area contributed by atoms with Gasteiger partial charge in [-0.2, -0.15) is 0 Å². The second kappa shape index (κ2) is 12.4. The van der Waals surface area contributed by atoms with Gasteiger partial charge in [-0.1, -0.05) is 17.7 Å². The minimum atomic E-state index is -1.29. The van der Waals surface area contributed by atoms with Crippen molar-refractivity contribution >= 4 is 34.1 Å². The van der Waals surface area contributed by atoms with Crippen molar-refractivity contribution in [3.63, 3.8) is 0 Å². The molecule has 0 saturated carbocycles. The number of nitrogens with one attached hydrogen (secondary N) is 1. The maximum Gasteiger partial charge on any atom is 0.334 e. The molecule has 2 aromatic heterocycles. The van der Waals surface area contributed by atoms with E-state index in [0.29, 0.717) is 23.0 Å². The number of rotatable bonds is 8. The van der Waals surface area contributed by atoms with Gasteiger partial charge in [0.1, 0.15) is 11.3 Å². The van der Waals surface area contributed by atoms with E-state index in [1.54, 1.807) is 0 Å². The van der Waals surface area contributed by atoms with Gasteiger partial charge in [0.25, 0.3) is 0 Å². The van der Waals surface area contributed by atoms with E-state index in [4.69, 9.17) is 9.47 Å². The van der Waals surface area contributed by atoms with Gasteiger partial charge < -0.3 is 19.4 Å². The fraction of sp³-hybridized carbons (Fsp3) is 0.333. The lowest BCUT2D eigenvalue weighted by atomic mass is 10.0. The first-order valence-corrected chi connectivity index (χ1v) is 14.7. The van der Waals surface area contributed by atoms with Crippen LogP contribution in [0.5, 0.6) is 11.5 Å². The number of nitrogens with zero attached hydrogens (tertiary/aromatic N) is 4. The molecule has 0 aliphatic carbocycles. The van der Waals surface area contributed by atoms with Crippen molar-refractivity contribution in [3.8, 4) is 11.5 Å². The largest absolute Gasteiger partial charge is 0.493 e. The molecule has 4 heterocycles. The number of hydrogen-bond acceptors (Lipinski definition) is 5. The van der Waals surface area contributed by atoms with Crippen molar-refractivity contribution in [3.05, 3.63) is 82.7 Å². The molecule has 8 nitrogen and oxygen atoms in total. The van der Waals surface area contributed by atoms with Crippen molar-refractivity contribution in [1.82, 2.24) is 14.9 Å². The summed E-state index contributed by atoms with van der Waals surface area (Å²) in [4.78, 5) is 26.1. The van der Waals surface area contributed by atoms with E-state index in [1.807, 2.05) is 6.07 Å². The standard InChI is InChI=1S/C33H33F4N5O3/c1-40-13-6-8-19(12-14-40)7-4-9-21-15-22-30-20(17-38-32(22)39-21)18-41(31-28(36)25(44-2)16-26(45-3)29(31)37)33(43)42(30)24-11-5-10-23(34)27(24)35/h5,8,10-11,15-17H,4,6-7,9,12-14,18H2,1-3H3,(H,38,39). The number of halogens is 4. The van der Waals surface area contributed by atoms with Crippen LogP contribution in [0.4, 0.5) is 39.4 Å². The minimum Gasteiger partial charge on any atom is -0.493 e. The Balaban J connectivity index is 1.42. The highest BCUT2D eigenvalue weighted by Crippen LogP contribution is 2.45. The number of urea groups is 1. The molecule has 0 saturated heterocycles. The number of hydrogen-bond donors (Lipinski definition) is 1. The number of aryl methyl sites for hydroxylation is 1. The third-order valence-corrected chi connectivity index (χ3v) is 8.43. The Morgan fingerprint density at radius 1 is 0.956 bits per heavy atom. The summed E-state index contributed by atoms with van der Waals surface area (Å²) in [5, 5.41) is 0.499. The zero-order valence-electron chi connectivity index (χ0n) is 25.2. The van der Waals surface area contributed by atoms with Gasteiger partial charge in [0.15, 0.2) is 34.8 Å². The number of amides is 2. The molecule has 2 amide bonds. The molecule has 236 valence electrons. The van der Waals surface area contributed by atoms with Gasteiger partial charge in [0.05, 0.1) is 32.1 Å². The average Bonchev–Trinajstić information content (AvgIpc) is 3.33. The summed E-state index contributed by atoms with van der Waals surface area (Å²) in [6.45, 7) is 1.77. The van der Waals surface area contributed by atoms with Crippen LogP contribution in [0, 0.1) is 23.3 Å². The lowest BCUT2D eigenvalue weighted by molar-refractivity contribution is 0.251. The molecular formula is C33H33F4N5O3. The lowest BCUT2D eigenvalue weighted by Gasteiger charge is -2.37. The quantitative estimate of drug-likeness (QED) is 0.164. The zero-order chi connectivity index (χ0) is 31.8. The number of carbonyl (C=O) groups excluding carboxylic acids is 1. The Labute approximate surface area is 257 Å². The minimum absolute atomic E-state index is 0.249. The maximum atomic E-state index is 15.6. The predicted octanol–water partition coefficient (Wildman–Crippen LogP) is 7.39. The highest BCUT2D eigenvalue weighted by atomic mass is 19.2. The number of carbonyl (C=O) groups is 1. The van der Waals surface area contributed by atoms with Crippen LogP contribution in [-0.4, -0.2) is 55.3 Å². The van der Waals surface area contributed by atoms with Crippen molar-refractivity contribution in [2.75, 3.05) is 44.2 Å². The van der Waals surface area contributed by atoms with Crippen LogP contribution in [0.3, 0.4) is 0 Å². The molecule has 0 radical (unpaired) electrons. The summed E-state index contributed by atoms with van der Waals surface area (Å²) in [5.74, 6) is -5.49. The summed E-state index contributed by atoms with van der Waals surface area (Å²) in [7, 11) is 4.51. The number of aromatic amines is 1. The van der Waals surface area contributed by atoms with E-state index < -0.39 is 40.7 Å². The van der Waals surface area contributed by atoms with Crippen LogP contribution >= 0.6 is 0 Å². The van der Waals surface area contributed by atoms with Crippen molar-refractivity contribution in [1.29, 1.82) is 0 Å². The Morgan fingerprint density at radius 2 is 1.71 bits per heavy atom. The maximum absolute atomic E-state index is 15.6. The van der Waals surface area contributed by atoms with Gasteiger partial charge in [-0.15, -0.1) is 0 Å². The second-order valence-corrected chi connectivity index (χ2v) is 11.3. The van der Waals surface area contributed by atoms with E-state index in [2.05, 4.69) is 28.0 Å². The van der Waals surface area contributed by atoms with E-state index in [1.165, 1.54) is 38.1 Å². The number of anilines is 3. The smallest absolute Gasteiger partial charge is 0.334 e. The third-order valence-electron chi connectivity index (χ3n) is 8.43.